The molecule has 0 aromatic heterocycles. The van der Waals surface area contributed by atoms with Gasteiger partial charge in [0.1, 0.15) is 17.0 Å². The smallest absolute Gasteiger partial charge is 0.329 e. The van der Waals surface area contributed by atoms with E-state index in [1.165, 1.54) is 9.80 Å². The highest BCUT2D eigenvalue weighted by atomic mass is 16.5. The summed E-state index contributed by atoms with van der Waals surface area (Å²) in [6.45, 7) is 5.52. The standard InChI is InChI=1S/C23H28N4O4/c1-23(17-5-4-6-20(15-17)31-3)21(28)27(22(29)24-23)16-25-11-13-26(14-12-25)18-7-9-19(30-2)10-8-18/h4-10,15H,11-14,16H2,1-3H3,(H,24,29)/p+1/t23-/m1/s1. The monoisotopic (exact) mass is 425 g/mol. The molecule has 3 amide bonds. The summed E-state index contributed by atoms with van der Waals surface area (Å²) in [4.78, 5) is 30.8. The minimum absolute atomic E-state index is 0.226. The first-order valence-electron chi connectivity index (χ1n) is 10.5. The first kappa shape index (κ1) is 21.0. The Morgan fingerprint density at radius 2 is 1.68 bits per heavy atom. The summed E-state index contributed by atoms with van der Waals surface area (Å²) >= 11 is 0. The normalized spacial score (nSPS) is 21.9. The maximum atomic E-state index is 13.2. The Morgan fingerprint density at radius 1 is 1.00 bits per heavy atom. The van der Waals surface area contributed by atoms with Crippen LogP contribution in [0.5, 0.6) is 11.5 Å². The highest BCUT2D eigenvalue weighted by Gasteiger charge is 2.50. The molecule has 31 heavy (non-hydrogen) atoms. The van der Waals surface area contributed by atoms with Crippen molar-refractivity contribution in [2.75, 3.05) is 52.0 Å². The molecule has 0 aliphatic carbocycles. The zero-order valence-electron chi connectivity index (χ0n) is 18.2. The molecule has 8 heteroatoms. The first-order valence-corrected chi connectivity index (χ1v) is 10.5. The molecule has 2 saturated heterocycles. The molecule has 2 heterocycles. The van der Waals surface area contributed by atoms with Crippen LogP contribution in [0.15, 0.2) is 48.5 Å². The molecule has 1 atom stereocenters. The van der Waals surface area contributed by atoms with E-state index in [1.54, 1.807) is 27.2 Å². The summed E-state index contributed by atoms with van der Waals surface area (Å²) in [6.07, 6.45) is 0. The summed E-state index contributed by atoms with van der Waals surface area (Å²) in [5.74, 6) is 1.26. The minimum Gasteiger partial charge on any atom is -0.497 e. The molecule has 0 bridgehead atoms. The van der Waals surface area contributed by atoms with Gasteiger partial charge in [0.05, 0.1) is 40.4 Å². The van der Waals surface area contributed by atoms with Gasteiger partial charge in [-0.1, -0.05) is 12.1 Å². The molecule has 2 N–H and O–H groups in total. The summed E-state index contributed by atoms with van der Waals surface area (Å²) in [5, 5.41) is 2.88. The van der Waals surface area contributed by atoms with Gasteiger partial charge in [0.25, 0.3) is 5.91 Å². The molecule has 164 valence electrons. The average molecular weight is 426 g/mol. The van der Waals surface area contributed by atoms with Crippen LogP contribution in [0.3, 0.4) is 0 Å². The zero-order valence-corrected chi connectivity index (χ0v) is 18.2. The fourth-order valence-electron chi connectivity index (χ4n) is 4.23. The molecule has 2 aromatic carbocycles. The van der Waals surface area contributed by atoms with E-state index >= 15 is 0 Å². The second-order valence-corrected chi connectivity index (χ2v) is 8.11. The van der Waals surface area contributed by atoms with Crippen LogP contribution >= 0.6 is 0 Å². The molecule has 2 fully saturated rings. The molecule has 2 aliphatic rings. The summed E-state index contributed by atoms with van der Waals surface area (Å²) in [7, 11) is 3.24. The van der Waals surface area contributed by atoms with Gasteiger partial charge >= 0.3 is 6.03 Å². The second-order valence-electron chi connectivity index (χ2n) is 8.11. The highest BCUT2D eigenvalue weighted by molar-refractivity contribution is 6.07. The number of anilines is 1. The minimum atomic E-state index is -1.09. The second kappa shape index (κ2) is 8.47. The third-order valence-electron chi connectivity index (χ3n) is 6.21. The van der Waals surface area contributed by atoms with Gasteiger partial charge in [0, 0.05) is 5.69 Å². The lowest BCUT2D eigenvalue weighted by molar-refractivity contribution is -0.907. The molecule has 4 rings (SSSR count). The largest absolute Gasteiger partial charge is 0.497 e. The number of quaternary nitrogens is 1. The van der Waals surface area contributed by atoms with Crippen molar-refractivity contribution in [2.45, 2.75) is 12.5 Å². The van der Waals surface area contributed by atoms with E-state index in [0.29, 0.717) is 18.0 Å². The quantitative estimate of drug-likeness (QED) is 0.671. The van der Waals surface area contributed by atoms with E-state index in [2.05, 4.69) is 22.3 Å². The van der Waals surface area contributed by atoms with Crippen molar-refractivity contribution in [1.82, 2.24) is 10.2 Å². The van der Waals surface area contributed by atoms with Gasteiger partial charge in [-0.3, -0.25) is 4.79 Å². The fourth-order valence-corrected chi connectivity index (χ4v) is 4.23. The van der Waals surface area contributed by atoms with E-state index in [9.17, 15) is 9.59 Å². The lowest BCUT2D eigenvalue weighted by Crippen LogP contribution is -3.16. The number of benzene rings is 2. The average Bonchev–Trinajstić information content (AvgIpc) is 3.03. The Bertz CT molecular complexity index is 956. The van der Waals surface area contributed by atoms with E-state index in [0.717, 1.165) is 37.6 Å². The molecule has 0 saturated carbocycles. The molecule has 0 unspecified atom stereocenters. The maximum Gasteiger partial charge on any atom is 0.329 e. The number of hydrogen-bond acceptors (Lipinski definition) is 5. The fraction of sp³-hybridized carbons (Fsp3) is 0.391. The Labute approximate surface area is 182 Å². The maximum absolute atomic E-state index is 13.2. The number of hydrogen-bond donors (Lipinski definition) is 2. The Kier molecular flexibility index (Phi) is 5.73. The Balaban J connectivity index is 1.39. The van der Waals surface area contributed by atoms with Crippen molar-refractivity contribution in [3.8, 4) is 11.5 Å². The summed E-state index contributed by atoms with van der Waals surface area (Å²) < 4.78 is 10.5. The first-order chi connectivity index (χ1) is 14.9. The van der Waals surface area contributed by atoms with E-state index in [4.69, 9.17) is 9.47 Å². The molecular weight excluding hydrogens is 396 g/mol. The SMILES string of the molecule is COc1ccc(N2CC[NH+](CN3C(=O)N[C@](C)(c4cccc(OC)c4)C3=O)CC2)cc1. The van der Waals surface area contributed by atoms with E-state index < -0.39 is 5.54 Å². The number of carbonyl (C=O) groups excluding carboxylic acids is 2. The summed E-state index contributed by atoms with van der Waals surface area (Å²) in [5.41, 5.74) is 0.781. The lowest BCUT2D eigenvalue weighted by atomic mass is 9.92. The van der Waals surface area contributed by atoms with Gasteiger partial charge in [-0.2, -0.15) is 0 Å². The Morgan fingerprint density at radius 3 is 2.32 bits per heavy atom. The van der Waals surface area contributed by atoms with Gasteiger partial charge in [0.2, 0.25) is 0 Å². The van der Waals surface area contributed by atoms with Crippen molar-refractivity contribution < 1.29 is 24.0 Å². The van der Waals surface area contributed by atoms with Gasteiger partial charge in [-0.25, -0.2) is 9.69 Å². The zero-order chi connectivity index (χ0) is 22.0. The third kappa shape index (κ3) is 4.03. The molecule has 2 aromatic rings. The number of piperazine rings is 1. The van der Waals surface area contributed by atoms with Crippen LogP contribution in [-0.4, -0.2) is 63.9 Å². The van der Waals surface area contributed by atoms with Crippen molar-refractivity contribution >= 4 is 17.6 Å². The number of methoxy groups -OCH3 is 2. The van der Waals surface area contributed by atoms with Crippen LogP contribution in [0.25, 0.3) is 0 Å². The number of imide groups is 1. The van der Waals surface area contributed by atoms with E-state index in [1.807, 2.05) is 30.3 Å². The predicted octanol–water partition coefficient (Wildman–Crippen LogP) is 0.833. The van der Waals surface area contributed by atoms with Crippen molar-refractivity contribution in [1.29, 1.82) is 0 Å². The highest BCUT2D eigenvalue weighted by Crippen LogP contribution is 2.30. The third-order valence-corrected chi connectivity index (χ3v) is 6.21. The van der Waals surface area contributed by atoms with Crippen LogP contribution in [0, 0.1) is 0 Å². The van der Waals surface area contributed by atoms with Crippen LogP contribution in [0.1, 0.15) is 12.5 Å². The van der Waals surface area contributed by atoms with Crippen molar-refractivity contribution in [2.24, 2.45) is 0 Å². The van der Waals surface area contributed by atoms with Gasteiger partial charge in [-0.15, -0.1) is 0 Å². The number of carbonyl (C=O) groups is 2. The number of amides is 3. The lowest BCUT2D eigenvalue weighted by Gasteiger charge is -2.34. The van der Waals surface area contributed by atoms with Crippen LogP contribution in [-0.2, 0) is 10.3 Å². The van der Waals surface area contributed by atoms with Gasteiger partial charge in [0.15, 0.2) is 6.67 Å². The van der Waals surface area contributed by atoms with Gasteiger partial charge in [-0.05, 0) is 48.9 Å². The molecule has 2 aliphatic heterocycles. The molecule has 0 spiro atoms. The van der Waals surface area contributed by atoms with E-state index in [-0.39, 0.29) is 11.9 Å². The van der Waals surface area contributed by atoms with Crippen molar-refractivity contribution in [3.05, 3.63) is 54.1 Å². The molecule has 8 nitrogen and oxygen atoms in total. The van der Waals surface area contributed by atoms with Crippen molar-refractivity contribution in [3.63, 3.8) is 0 Å². The molecular formula is C23H29N4O4+. The number of ether oxygens (including phenoxy) is 2. The number of rotatable bonds is 6. The predicted molar refractivity (Wildman–Crippen MR) is 116 cm³/mol. The number of nitrogens with one attached hydrogen (secondary N) is 2. The van der Waals surface area contributed by atoms with Crippen LogP contribution in [0.4, 0.5) is 10.5 Å². The van der Waals surface area contributed by atoms with Crippen LogP contribution in [0.2, 0.25) is 0 Å². The molecule has 0 radical (unpaired) electrons. The topological polar surface area (TPSA) is 75.6 Å². The number of nitrogens with zero attached hydrogens (tertiary/aromatic N) is 2. The number of urea groups is 1. The summed E-state index contributed by atoms with van der Waals surface area (Å²) in [6, 6.07) is 15.0. The van der Waals surface area contributed by atoms with Crippen LogP contribution < -0.4 is 24.6 Å². The Hall–Kier alpha value is -3.26. The van der Waals surface area contributed by atoms with Gasteiger partial charge < -0.3 is 24.6 Å².